The van der Waals surface area contributed by atoms with Crippen LogP contribution in [-0.4, -0.2) is 22.1 Å². The van der Waals surface area contributed by atoms with Gasteiger partial charge in [-0.05, 0) is 49.1 Å². The average molecular weight is 290 g/mol. The minimum Gasteiger partial charge on any atom is -0.478 e. The maximum atomic E-state index is 11.3. The third-order valence-electron chi connectivity index (χ3n) is 4.16. The third kappa shape index (κ3) is 3.96. The van der Waals surface area contributed by atoms with Gasteiger partial charge in [0.2, 0.25) is 0 Å². The van der Waals surface area contributed by atoms with E-state index in [1.807, 2.05) is 6.92 Å². The van der Waals surface area contributed by atoms with Crippen molar-refractivity contribution in [3.05, 3.63) is 23.4 Å². The van der Waals surface area contributed by atoms with Gasteiger partial charge >= 0.3 is 5.97 Å². The quantitative estimate of drug-likeness (QED) is 0.879. The highest BCUT2D eigenvalue weighted by molar-refractivity contribution is 5.93. The molecule has 0 saturated heterocycles. The molecule has 0 amide bonds. The van der Waals surface area contributed by atoms with Gasteiger partial charge in [0.15, 0.2) is 0 Å². The molecular weight excluding hydrogens is 264 g/mol. The number of rotatable bonds is 3. The molecule has 1 heterocycles. The van der Waals surface area contributed by atoms with Gasteiger partial charge < -0.3 is 10.4 Å². The Morgan fingerprint density at radius 3 is 2.33 bits per heavy atom. The van der Waals surface area contributed by atoms with Crippen molar-refractivity contribution < 1.29 is 9.90 Å². The van der Waals surface area contributed by atoms with Crippen LogP contribution in [0.4, 0.5) is 5.82 Å². The molecule has 0 bridgehead atoms. The van der Waals surface area contributed by atoms with E-state index < -0.39 is 5.97 Å². The monoisotopic (exact) mass is 290 g/mol. The molecule has 1 aromatic rings. The standard InChI is InChI=1S/C17H26N2O2/c1-11-6-7-13(15(20)21)14(18-11)19-12-8-16(2,3)10-17(4,5)9-12/h6-7,12H,8-10H2,1-5H3,(H,18,19)(H,20,21). The molecule has 4 nitrogen and oxygen atoms in total. The number of hydrogen-bond acceptors (Lipinski definition) is 3. The molecule has 1 aliphatic rings. The van der Waals surface area contributed by atoms with E-state index in [1.54, 1.807) is 12.1 Å². The summed E-state index contributed by atoms with van der Waals surface area (Å²) in [6.45, 7) is 11.0. The SMILES string of the molecule is Cc1ccc(C(=O)O)c(NC2CC(C)(C)CC(C)(C)C2)n1. The molecule has 0 unspecified atom stereocenters. The predicted molar refractivity (Wildman–Crippen MR) is 84.8 cm³/mol. The highest BCUT2D eigenvalue weighted by atomic mass is 16.4. The first-order valence-corrected chi connectivity index (χ1v) is 7.56. The molecule has 21 heavy (non-hydrogen) atoms. The fourth-order valence-electron chi connectivity index (χ4n) is 3.98. The first-order valence-electron chi connectivity index (χ1n) is 7.56. The van der Waals surface area contributed by atoms with E-state index in [9.17, 15) is 9.90 Å². The Morgan fingerprint density at radius 2 is 1.81 bits per heavy atom. The van der Waals surface area contributed by atoms with Gasteiger partial charge in [0.05, 0.1) is 0 Å². The Hall–Kier alpha value is -1.58. The van der Waals surface area contributed by atoms with Gasteiger partial charge in [0, 0.05) is 11.7 Å². The van der Waals surface area contributed by atoms with Crippen LogP contribution >= 0.6 is 0 Å². The number of aryl methyl sites for hydroxylation is 1. The van der Waals surface area contributed by atoms with Crippen molar-refractivity contribution in [2.24, 2.45) is 10.8 Å². The highest BCUT2D eigenvalue weighted by Crippen LogP contribution is 2.46. The van der Waals surface area contributed by atoms with Crippen LogP contribution in [0.25, 0.3) is 0 Å². The minimum absolute atomic E-state index is 0.252. The molecule has 0 aromatic carbocycles. The first kappa shape index (κ1) is 15.8. The Labute approximate surface area is 127 Å². The van der Waals surface area contributed by atoms with E-state index in [0.717, 1.165) is 18.5 Å². The second-order valence-corrected chi connectivity index (χ2v) is 7.91. The summed E-state index contributed by atoms with van der Waals surface area (Å²) in [5.74, 6) is -0.430. The summed E-state index contributed by atoms with van der Waals surface area (Å²) in [6.07, 6.45) is 3.25. The lowest BCUT2D eigenvalue weighted by molar-refractivity contribution is 0.0697. The zero-order valence-corrected chi connectivity index (χ0v) is 13.7. The van der Waals surface area contributed by atoms with E-state index in [-0.39, 0.29) is 22.4 Å². The van der Waals surface area contributed by atoms with Gasteiger partial charge in [-0.2, -0.15) is 0 Å². The summed E-state index contributed by atoms with van der Waals surface area (Å²) < 4.78 is 0. The molecule has 1 fully saturated rings. The van der Waals surface area contributed by atoms with Crippen LogP contribution in [0.15, 0.2) is 12.1 Å². The summed E-state index contributed by atoms with van der Waals surface area (Å²) in [7, 11) is 0. The first-order chi connectivity index (χ1) is 9.58. The molecule has 4 heteroatoms. The summed E-state index contributed by atoms with van der Waals surface area (Å²) in [4.78, 5) is 15.7. The molecular formula is C17H26N2O2. The fourth-order valence-corrected chi connectivity index (χ4v) is 3.98. The molecule has 0 atom stereocenters. The van der Waals surface area contributed by atoms with Gasteiger partial charge in [-0.15, -0.1) is 0 Å². The van der Waals surface area contributed by atoms with Gasteiger partial charge in [-0.25, -0.2) is 9.78 Å². The van der Waals surface area contributed by atoms with E-state index in [2.05, 4.69) is 38.0 Å². The number of anilines is 1. The Kier molecular flexibility index (Phi) is 4.00. The summed E-state index contributed by atoms with van der Waals surface area (Å²) >= 11 is 0. The van der Waals surface area contributed by atoms with Crippen LogP contribution in [-0.2, 0) is 0 Å². The zero-order chi connectivity index (χ0) is 15.8. The average Bonchev–Trinajstić information content (AvgIpc) is 2.23. The largest absolute Gasteiger partial charge is 0.478 e. The van der Waals surface area contributed by atoms with Crippen LogP contribution < -0.4 is 5.32 Å². The molecule has 0 spiro atoms. The molecule has 116 valence electrons. The van der Waals surface area contributed by atoms with Gasteiger partial charge in [0.1, 0.15) is 11.4 Å². The van der Waals surface area contributed by atoms with Crippen LogP contribution in [0, 0.1) is 17.8 Å². The molecule has 1 saturated carbocycles. The number of nitrogens with zero attached hydrogens (tertiary/aromatic N) is 1. The lowest BCUT2D eigenvalue weighted by Gasteiger charge is -2.45. The Balaban J connectivity index is 2.25. The number of nitrogens with one attached hydrogen (secondary N) is 1. The number of carboxylic acid groups (broad SMARTS) is 1. The summed E-state index contributed by atoms with van der Waals surface area (Å²) in [6, 6.07) is 3.63. The summed E-state index contributed by atoms with van der Waals surface area (Å²) in [5.41, 5.74) is 1.60. The highest BCUT2D eigenvalue weighted by Gasteiger charge is 2.38. The van der Waals surface area contributed by atoms with Crippen molar-refractivity contribution in [1.82, 2.24) is 4.98 Å². The van der Waals surface area contributed by atoms with Crippen molar-refractivity contribution in [2.45, 2.75) is 59.9 Å². The number of carboxylic acids is 1. The van der Waals surface area contributed by atoms with Crippen molar-refractivity contribution in [3.63, 3.8) is 0 Å². The number of hydrogen-bond donors (Lipinski definition) is 2. The van der Waals surface area contributed by atoms with E-state index in [0.29, 0.717) is 5.82 Å². The minimum atomic E-state index is -0.931. The van der Waals surface area contributed by atoms with Gasteiger partial charge in [-0.3, -0.25) is 0 Å². The van der Waals surface area contributed by atoms with Crippen molar-refractivity contribution >= 4 is 11.8 Å². The molecule has 1 aromatic heterocycles. The van der Waals surface area contributed by atoms with Crippen LogP contribution in [0.5, 0.6) is 0 Å². The van der Waals surface area contributed by atoms with Crippen LogP contribution in [0.2, 0.25) is 0 Å². The topological polar surface area (TPSA) is 62.2 Å². The van der Waals surface area contributed by atoms with E-state index in [1.165, 1.54) is 6.42 Å². The third-order valence-corrected chi connectivity index (χ3v) is 4.16. The Bertz CT molecular complexity index is 534. The maximum absolute atomic E-state index is 11.3. The Morgan fingerprint density at radius 1 is 1.24 bits per heavy atom. The predicted octanol–water partition coefficient (Wildman–Crippen LogP) is 4.11. The number of carbonyl (C=O) groups is 1. The normalized spacial score (nSPS) is 21.0. The van der Waals surface area contributed by atoms with Crippen molar-refractivity contribution in [2.75, 3.05) is 5.32 Å². The summed E-state index contributed by atoms with van der Waals surface area (Å²) in [5, 5.41) is 12.7. The molecule has 0 aliphatic heterocycles. The van der Waals surface area contributed by atoms with Crippen molar-refractivity contribution in [3.8, 4) is 0 Å². The molecule has 1 aliphatic carbocycles. The number of aromatic nitrogens is 1. The van der Waals surface area contributed by atoms with E-state index >= 15 is 0 Å². The smallest absolute Gasteiger partial charge is 0.339 e. The lowest BCUT2D eigenvalue weighted by Crippen LogP contribution is -2.40. The zero-order valence-electron chi connectivity index (χ0n) is 13.7. The molecule has 2 N–H and O–H groups in total. The van der Waals surface area contributed by atoms with Gasteiger partial charge in [-0.1, -0.05) is 27.7 Å². The second kappa shape index (κ2) is 5.32. The lowest BCUT2D eigenvalue weighted by atomic mass is 9.63. The molecule has 2 rings (SSSR count). The maximum Gasteiger partial charge on any atom is 0.339 e. The second-order valence-electron chi connectivity index (χ2n) is 7.91. The van der Waals surface area contributed by atoms with Crippen molar-refractivity contribution in [1.29, 1.82) is 0 Å². The molecule has 0 radical (unpaired) electrons. The van der Waals surface area contributed by atoms with Crippen LogP contribution in [0.1, 0.15) is 63.0 Å². The fraction of sp³-hybridized carbons (Fsp3) is 0.647. The number of aromatic carboxylic acids is 1. The van der Waals surface area contributed by atoms with Crippen LogP contribution in [0.3, 0.4) is 0 Å². The van der Waals surface area contributed by atoms with E-state index in [4.69, 9.17) is 0 Å². The number of pyridine rings is 1. The van der Waals surface area contributed by atoms with Gasteiger partial charge in [0.25, 0.3) is 0 Å².